The molecule has 1 atom stereocenters. The Morgan fingerprint density at radius 3 is 2.50 bits per heavy atom. The van der Waals surface area contributed by atoms with Gasteiger partial charge in [-0.05, 0) is 18.3 Å². The van der Waals surface area contributed by atoms with Crippen LogP contribution >= 0.6 is 11.3 Å². The summed E-state index contributed by atoms with van der Waals surface area (Å²) in [4.78, 5) is 11.8. The van der Waals surface area contributed by atoms with E-state index >= 15 is 0 Å². The van der Waals surface area contributed by atoms with Crippen molar-refractivity contribution in [3.05, 3.63) is 5.01 Å². The molecule has 1 rings (SSSR count). The number of urea groups is 1. The molecule has 2 amide bonds. The van der Waals surface area contributed by atoms with Crippen LogP contribution in [0.5, 0.6) is 0 Å². The number of aliphatic hydroxyl groups excluding tert-OH is 1. The van der Waals surface area contributed by atoms with Gasteiger partial charge in [0.2, 0.25) is 5.13 Å². The maximum absolute atomic E-state index is 11.8. The molecule has 0 fully saturated rings. The summed E-state index contributed by atoms with van der Waals surface area (Å²) in [7, 11) is 0. The summed E-state index contributed by atoms with van der Waals surface area (Å²) in [5.41, 5.74) is 0. The van der Waals surface area contributed by atoms with Crippen LogP contribution in [-0.2, 0) is 6.42 Å². The zero-order chi connectivity index (χ0) is 15.1. The Labute approximate surface area is 124 Å². The molecule has 0 bridgehead atoms. The van der Waals surface area contributed by atoms with E-state index in [-0.39, 0.29) is 18.7 Å². The number of amides is 2. The van der Waals surface area contributed by atoms with E-state index in [1.54, 1.807) is 0 Å². The summed E-state index contributed by atoms with van der Waals surface area (Å²) < 4.78 is 0. The molecule has 7 heteroatoms. The number of nitrogens with zero attached hydrogens (tertiary/aromatic N) is 2. The molecule has 0 aliphatic rings. The lowest BCUT2D eigenvalue weighted by atomic mass is 10.0. The molecule has 1 aromatic heterocycles. The molecule has 114 valence electrons. The number of rotatable bonds is 7. The Morgan fingerprint density at radius 1 is 1.25 bits per heavy atom. The minimum atomic E-state index is -0.350. The van der Waals surface area contributed by atoms with Crippen LogP contribution in [0.25, 0.3) is 0 Å². The standard InChI is InChI=1S/C13H24N4O2S/c1-8(2)5-10(7-18)14-12(19)15-13-17-16-11(20-13)6-9(3)4/h8-10,18H,5-7H2,1-4H3,(H2,14,15,17,19). The molecule has 0 saturated carbocycles. The number of carbonyl (C=O) groups excluding carboxylic acids is 1. The number of carbonyl (C=O) groups is 1. The third-order valence-electron chi connectivity index (χ3n) is 2.58. The molecule has 0 aromatic carbocycles. The third kappa shape index (κ3) is 6.29. The molecule has 1 aromatic rings. The van der Waals surface area contributed by atoms with Crippen LogP contribution in [-0.4, -0.2) is 34.0 Å². The minimum Gasteiger partial charge on any atom is -0.394 e. The van der Waals surface area contributed by atoms with Crippen molar-refractivity contribution >= 4 is 22.5 Å². The van der Waals surface area contributed by atoms with Crippen LogP contribution in [0.15, 0.2) is 0 Å². The Morgan fingerprint density at radius 2 is 1.95 bits per heavy atom. The van der Waals surface area contributed by atoms with Gasteiger partial charge in [0.25, 0.3) is 0 Å². The summed E-state index contributed by atoms with van der Waals surface area (Å²) in [6, 6.07) is -0.588. The molecular weight excluding hydrogens is 276 g/mol. The molecule has 0 aliphatic carbocycles. The van der Waals surface area contributed by atoms with E-state index in [1.165, 1.54) is 11.3 Å². The lowest BCUT2D eigenvalue weighted by Gasteiger charge is -2.17. The highest BCUT2D eigenvalue weighted by atomic mass is 32.1. The normalized spacial score (nSPS) is 12.8. The quantitative estimate of drug-likeness (QED) is 0.721. The Bertz CT molecular complexity index is 420. The number of aliphatic hydroxyl groups is 1. The fourth-order valence-corrected chi connectivity index (χ4v) is 2.75. The van der Waals surface area contributed by atoms with Gasteiger partial charge in [-0.1, -0.05) is 39.0 Å². The smallest absolute Gasteiger partial charge is 0.321 e. The maximum atomic E-state index is 11.8. The average molecular weight is 300 g/mol. The zero-order valence-electron chi connectivity index (χ0n) is 12.5. The Hall–Kier alpha value is -1.21. The van der Waals surface area contributed by atoms with Crippen LogP contribution in [0.4, 0.5) is 9.93 Å². The predicted octanol–water partition coefficient (Wildman–Crippen LogP) is 2.27. The van der Waals surface area contributed by atoms with Gasteiger partial charge in [-0.2, -0.15) is 0 Å². The Kier molecular flexibility index (Phi) is 6.87. The molecule has 0 radical (unpaired) electrons. The van der Waals surface area contributed by atoms with Crippen LogP contribution in [0.3, 0.4) is 0 Å². The maximum Gasteiger partial charge on any atom is 0.321 e. The largest absolute Gasteiger partial charge is 0.394 e. The van der Waals surface area contributed by atoms with Crippen molar-refractivity contribution in [3.63, 3.8) is 0 Å². The van der Waals surface area contributed by atoms with Gasteiger partial charge in [0.05, 0.1) is 12.6 Å². The first-order chi connectivity index (χ1) is 9.40. The van der Waals surface area contributed by atoms with Gasteiger partial charge in [0.1, 0.15) is 5.01 Å². The number of nitrogens with one attached hydrogen (secondary N) is 2. The van der Waals surface area contributed by atoms with E-state index in [9.17, 15) is 9.90 Å². The van der Waals surface area contributed by atoms with Gasteiger partial charge in [0.15, 0.2) is 0 Å². The summed E-state index contributed by atoms with van der Waals surface area (Å²) in [5.74, 6) is 0.918. The highest BCUT2D eigenvalue weighted by molar-refractivity contribution is 7.15. The third-order valence-corrected chi connectivity index (χ3v) is 3.44. The average Bonchev–Trinajstić information content (AvgIpc) is 2.73. The van der Waals surface area contributed by atoms with Crippen molar-refractivity contribution in [1.82, 2.24) is 15.5 Å². The molecule has 0 saturated heterocycles. The number of anilines is 1. The van der Waals surface area contributed by atoms with Gasteiger partial charge in [-0.3, -0.25) is 5.32 Å². The number of hydrogen-bond donors (Lipinski definition) is 3. The minimum absolute atomic E-state index is 0.0691. The fraction of sp³-hybridized carbons (Fsp3) is 0.769. The molecule has 20 heavy (non-hydrogen) atoms. The van der Waals surface area contributed by atoms with Gasteiger partial charge < -0.3 is 10.4 Å². The van der Waals surface area contributed by atoms with Crippen molar-refractivity contribution in [3.8, 4) is 0 Å². The van der Waals surface area contributed by atoms with Crippen molar-refractivity contribution in [2.75, 3.05) is 11.9 Å². The van der Waals surface area contributed by atoms with Crippen molar-refractivity contribution in [1.29, 1.82) is 0 Å². The van der Waals surface area contributed by atoms with Gasteiger partial charge >= 0.3 is 6.03 Å². The van der Waals surface area contributed by atoms with E-state index < -0.39 is 0 Å². The topological polar surface area (TPSA) is 87.1 Å². The summed E-state index contributed by atoms with van der Waals surface area (Å²) in [6.45, 7) is 8.24. The predicted molar refractivity (Wildman–Crippen MR) is 80.9 cm³/mol. The highest BCUT2D eigenvalue weighted by Gasteiger charge is 2.14. The summed E-state index contributed by atoms with van der Waals surface area (Å²) in [6.07, 6.45) is 1.59. The first-order valence-corrected chi connectivity index (χ1v) is 7.73. The molecule has 1 heterocycles. The van der Waals surface area contributed by atoms with E-state index in [2.05, 4.69) is 34.7 Å². The Balaban J connectivity index is 2.47. The molecular formula is C13H24N4O2S. The first kappa shape index (κ1) is 16.8. The molecule has 1 unspecified atom stereocenters. The monoisotopic (exact) mass is 300 g/mol. The van der Waals surface area contributed by atoms with Crippen LogP contribution in [0.2, 0.25) is 0 Å². The second kappa shape index (κ2) is 8.16. The van der Waals surface area contributed by atoms with Crippen LogP contribution in [0, 0.1) is 11.8 Å². The van der Waals surface area contributed by atoms with Gasteiger partial charge in [0, 0.05) is 6.42 Å². The summed E-state index contributed by atoms with van der Waals surface area (Å²) in [5, 5.41) is 24.0. The zero-order valence-corrected chi connectivity index (χ0v) is 13.3. The SMILES string of the molecule is CC(C)Cc1nnc(NC(=O)NC(CO)CC(C)C)s1. The van der Waals surface area contributed by atoms with Crippen molar-refractivity contribution < 1.29 is 9.90 Å². The van der Waals surface area contributed by atoms with E-state index in [4.69, 9.17) is 0 Å². The van der Waals surface area contributed by atoms with Crippen molar-refractivity contribution in [2.24, 2.45) is 11.8 Å². The van der Waals surface area contributed by atoms with Crippen LogP contribution in [0.1, 0.15) is 39.1 Å². The highest BCUT2D eigenvalue weighted by Crippen LogP contribution is 2.18. The number of hydrogen-bond acceptors (Lipinski definition) is 5. The lowest BCUT2D eigenvalue weighted by Crippen LogP contribution is -2.40. The summed E-state index contributed by atoms with van der Waals surface area (Å²) >= 11 is 1.38. The van der Waals surface area contributed by atoms with Gasteiger partial charge in [-0.15, -0.1) is 10.2 Å². The lowest BCUT2D eigenvalue weighted by molar-refractivity contribution is 0.214. The molecule has 0 spiro atoms. The first-order valence-electron chi connectivity index (χ1n) is 6.91. The van der Waals surface area contributed by atoms with E-state index in [0.717, 1.165) is 17.8 Å². The van der Waals surface area contributed by atoms with Crippen molar-refractivity contribution in [2.45, 2.75) is 46.6 Å². The number of aromatic nitrogens is 2. The van der Waals surface area contributed by atoms with E-state index in [0.29, 0.717) is 17.0 Å². The van der Waals surface area contributed by atoms with Crippen LogP contribution < -0.4 is 10.6 Å². The molecule has 0 aliphatic heterocycles. The van der Waals surface area contributed by atoms with Gasteiger partial charge in [-0.25, -0.2) is 4.79 Å². The second-order valence-electron chi connectivity index (χ2n) is 5.71. The molecule has 6 nitrogen and oxygen atoms in total. The fourth-order valence-electron chi connectivity index (χ4n) is 1.80. The molecule has 3 N–H and O–H groups in total. The van der Waals surface area contributed by atoms with E-state index in [1.807, 2.05) is 13.8 Å². The second-order valence-corrected chi connectivity index (χ2v) is 6.77.